The Bertz CT molecular complexity index is 1110. The molecule has 1 heterocycles. The molecule has 0 spiro atoms. The van der Waals surface area contributed by atoms with E-state index in [1.807, 2.05) is 50.2 Å². The first-order valence-electron chi connectivity index (χ1n) is 9.28. The van der Waals surface area contributed by atoms with Crippen molar-refractivity contribution >= 4 is 17.3 Å². The Kier molecular flexibility index (Phi) is 4.34. The molecule has 1 aliphatic rings. The number of hydrogen-bond donors (Lipinski definition) is 1. The van der Waals surface area contributed by atoms with Crippen LogP contribution in [0.2, 0.25) is 0 Å². The molecule has 146 valence electrons. The topological polar surface area (TPSA) is 83.7 Å². The first-order valence-corrected chi connectivity index (χ1v) is 9.28. The first-order chi connectivity index (χ1) is 13.8. The summed E-state index contributed by atoms with van der Waals surface area (Å²) < 4.78 is 0. The number of phenolic OH excluding ortho intramolecular Hbond substituents is 1. The molecule has 1 aliphatic heterocycles. The van der Waals surface area contributed by atoms with Crippen molar-refractivity contribution in [3.8, 4) is 5.75 Å². The Morgan fingerprint density at radius 3 is 2.28 bits per heavy atom. The molecule has 0 saturated heterocycles. The molecule has 0 radical (unpaired) electrons. The number of nitrogens with zero attached hydrogens (tertiary/aromatic N) is 2. The molecule has 29 heavy (non-hydrogen) atoms. The van der Waals surface area contributed by atoms with Crippen LogP contribution >= 0.6 is 0 Å². The first kappa shape index (κ1) is 18.7. The smallest absolute Gasteiger partial charge is 0.269 e. The quantitative estimate of drug-likeness (QED) is 0.507. The Labute approximate surface area is 168 Å². The van der Waals surface area contributed by atoms with E-state index in [0.29, 0.717) is 11.1 Å². The Balaban J connectivity index is 1.87. The monoisotopic (exact) mass is 388 g/mol. The van der Waals surface area contributed by atoms with Crippen LogP contribution in [0.5, 0.6) is 5.75 Å². The summed E-state index contributed by atoms with van der Waals surface area (Å²) in [6.45, 7) is 4.10. The predicted octanol–water partition coefficient (Wildman–Crippen LogP) is 4.98. The van der Waals surface area contributed by atoms with Crippen LogP contribution in [0.25, 0.3) is 0 Å². The maximum atomic E-state index is 13.5. The predicted molar refractivity (Wildman–Crippen MR) is 110 cm³/mol. The van der Waals surface area contributed by atoms with E-state index in [1.54, 1.807) is 17.0 Å². The molecule has 0 fully saturated rings. The van der Waals surface area contributed by atoms with Crippen LogP contribution < -0.4 is 4.90 Å². The number of amides is 1. The van der Waals surface area contributed by atoms with E-state index in [2.05, 4.69) is 0 Å². The average Bonchev–Trinajstić information content (AvgIpc) is 2.95. The van der Waals surface area contributed by atoms with Crippen LogP contribution in [0.15, 0.2) is 72.8 Å². The van der Waals surface area contributed by atoms with Gasteiger partial charge in [0.1, 0.15) is 5.75 Å². The third-order valence-electron chi connectivity index (χ3n) is 5.57. The molecule has 0 saturated carbocycles. The highest BCUT2D eigenvalue weighted by Crippen LogP contribution is 2.54. The van der Waals surface area contributed by atoms with Gasteiger partial charge < -0.3 is 5.11 Å². The summed E-state index contributed by atoms with van der Waals surface area (Å²) in [5.41, 5.74) is 2.26. The number of carbonyl (C=O) groups is 1. The number of carbonyl (C=O) groups excluding carboxylic acids is 1. The van der Waals surface area contributed by atoms with E-state index in [1.165, 1.54) is 24.3 Å². The van der Waals surface area contributed by atoms with Gasteiger partial charge in [-0.15, -0.1) is 0 Å². The summed E-state index contributed by atoms with van der Waals surface area (Å²) in [5.74, 6) is -0.147. The lowest BCUT2D eigenvalue weighted by Crippen LogP contribution is -2.38. The van der Waals surface area contributed by atoms with Gasteiger partial charge in [-0.25, -0.2) is 0 Å². The van der Waals surface area contributed by atoms with E-state index in [-0.39, 0.29) is 17.3 Å². The summed E-state index contributed by atoms with van der Waals surface area (Å²) in [5, 5.41) is 21.5. The molecule has 3 aromatic carbocycles. The maximum Gasteiger partial charge on any atom is 0.269 e. The fourth-order valence-corrected chi connectivity index (χ4v) is 4.18. The lowest BCUT2D eigenvalue weighted by Gasteiger charge is -2.34. The van der Waals surface area contributed by atoms with Gasteiger partial charge >= 0.3 is 0 Å². The van der Waals surface area contributed by atoms with Gasteiger partial charge in [0.15, 0.2) is 0 Å². The summed E-state index contributed by atoms with van der Waals surface area (Å²) in [6, 6.07) is 19.9. The summed E-state index contributed by atoms with van der Waals surface area (Å²) in [7, 11) is 0. The zero-order valence-corrected chi connectivity index (χ0v) is 16.1. The molecule has 6 heteroatoms. The third-order valence-corrected chi connectivity index (χ3v) is 5.57. The van der Waals surface area contributed by atoms with E-state index >= 15 is 0 Å². The number of aromatic hydroxyl groups is 1. The summed E-state index contributed by atoms with van der Waals surface area (Å²) >= 11 is 0. The second kappa shape index (κ2) is 6.74. The standard InChI is InChI=1S/C23H20N2O4/c1-23(2)18-8-4-5-9-19(18)24(21(23)17-7-3-6-10-20(17)26)22(27)15-11-13-16(14-12-15)25(28)29/h3-14,21,26H,1-2H3/t21-/m1/s1. The minimum absolute atomic E-state index is 0.0686. The number of non-ortho nitro benzene ring substituents is 1. The van der Waals surface area contributed by atoms with Crippen molar-refractivity contribution in [3.63, 3.8) is 0 Å². The normalized spacial score (nSPS) is 17.0. The van der Waals surface area contributed by atoms with Gasteiger partial charge in [0.05, 0.1) is 11.0 Å². The van der Waals surface area contributed by atoms with Gasteiger partial charge in [0.2, 0.25) is 0 Å². The highest BCUT2D eigenvalue weighted by molar-refractivity contribution is 6.08. The van der Waals surface area contributed by atoms with Crippen LogP contribution in [0.4, 0.5) is 11.4 Å². The fraction of sp³-hybridized carbons (Fsp3) is 0.174. The van der Waals surface area contributed by atoms with Crippen LogP contribution in [0.1, 0.15) is 41.4 Å². The van der Waals surface area contributed by atoms with Crippen molar-refractivity contribution in [2.24, 2.45) is 0 Å². The summed E-state index contributed by atoms with van der Waals surface area (Å²) in [6.07, 6.45) is 0. The molecular weight excluding hydrogens is 368 g/mol. The van der Waals surface area contributed by atoms with Gasteiger partial charge in [-0.05, 0) is 29.8 Å². The van der Waals surface area contributed by atoms with Crippen molar-refractivity contribution in [2.75, 3.05) is 4.90 Å². The minimum Gasteiger partial charge on any atom is -0.508 e. The zero-order valence-electron chi connectivity index (χ0n) is 16.1. The van der Waals surface area contributed by atoms with Crippen LogP contribution in [0.3, 0.4) is 0 Å². The van der Waals surface area contributed by atoms with Gasteiger partial charge in [-0.1, -0.05) is 50.2 Å². The number of fused-ring (bicyclic) bond motifs is 1. The summed E-state index contributed by atoms with van der Waals surface area (Å²) in [4.78, 5) is 25.7. The van der Waals surface area contributed by atoms with E-state index in [4.69, 9.17) is 0 Å². The highest BCUT2D eigenvalue weighted by Gasteiger charge is 2.48. The Hall–Kier alpha value is -3.67. The van der Waals surface area contributed by atoms with Gasteiger partial charge in [-0.2, -0.15) is 0 Å². The molecule has 0 aromatic heterocycles. The van der Waals surface area contributed by atoms with Crippen LogP contribution in [-0.2, 0) is 5.41 Å². The number of anilines is 1. The highest BCUT2D eigenvalue weighted by atomic mass is 16.6. The number of para-hydroxylation sites is 2. The van der Waals surface area contributed by atoms with Gasteiger partial charge in [0, 0.05) is 34.4 Å². The zero-order chi connectivity index (χ0) is 20.8. The van der Waals surface area contributed by atoms with Crippen LogP contribution in [0, 0.1) is 10.1 Å². The second-order valence-electron chi connectivity index (χ2n) is 7.68. The van der Waals surface area contributed by atoms with Crippen LogP contribution in [-0.4, -0.2) is 15.9 Å². The fourth-order valence-electron chi connectivity index (χ4n) is 4.18. The molecule has 6 nitrogen and oxygen atoms in total. The lowest BCUT2D eigenvalue weighted by molar-refractivity contribution is -0.384. The molecule has 1 amide bonds. The molecule has 0 aliphatic carbocycles. The molecule has 0 unspecified atom stereocenters. The number of benzene rings is 3. The van der Waals surface area contributed by atoms with E-state index < -0.39 is 16.4 Å². The molecule has 1 atom stereocenters. The average molecular weight is 388 g/mol. The lowest BCUT2D eigenvalue weighted by atomic mass is 9.77. The SMILES string of the molecule is CC1(C)c2ccccc2N(C(=O)c2ccc([N+](=O)[O-])cc2)[C@@H]1c1ccccc1O. The number of phenols is 1. The van der Waals surface area contributed by atoms with Crippen molar-refractivity contribution < 1.29 is 14.8 Å². The minimum atomic E-state index is -0.493. The van der Waals surface area contributed by atoms with Crippen molar-refractivity contribution in [1.29, 1.82) is 0 Å². The molecule has 4 rings (SSSR count). The molecular formula is C23H20N2O4. The largest absolute Gasteiger partial charge is 0.508 e. The Morgan fingerprint density at radius 2 is 1.62 bits per heavy atom. The Morgan fingerprint density at radius 1 is 1.00 bits per heavy atom. The van der Waals surface area contributed by atoms with E-state index in [0.717, 1.165) is 11.3 Å². The van der Waals surface area contributed by atoms with Gasteiger partial charge in [0.25, 0.3) is 11.6 Å². The number of nitro groups is 1. The van der Waals surface area contributed by atoms with Crippen molar-refractivity contribution in [2.45, 2.75) is 25.3 Å². The van der Waals surface area contributed by atoms with Crippen molar-refractivity contribution in [3.05, 3.63) is 99.6 Å². The number of rotatable bonds is 3. The number of nitro benzene ring substituents is 1. The molecule has 0 bridgehead atoms. The third kappa shape index (κ3) is 2.93. The molecule has 3 aromatic rings. The maximum absolute atomic E-state index is 13.5. The second-order valence-corrected chi connectivity index (χ2v) is 7.68. The van der Waals surface area contributed by atoms with E-state index in [9.17, 15) is 20.0 Å². The molecule has 1 N–H and O–H groups in total. The van der Waals surface area contributed by atoms with Crippen molar-refractivity contribution in [1.82, 2.24) is 0 Å². The van der Waals surface area contributed by atoms with Gasteiger partial charge in [-0.3, -0.25) is 19.8 Å². The number of hydrogen-bond acceptors (Lipinski definition) is 4.